The number of nitrogens with zero attached hydrogens (tertiary/aromatic N) is 4. The molecule has 9 heteroatoms. The van der Waals surface area contributed by atoms with Crippen molar-refractivity contribution in [3.05, 3.63) is 6.33 Å². The molecule has 0 bridgehead atoms. The van der Waals surface area contributed by atoms with Gasteiger partial charge in [0, 0.05) is 12.3 Å². The Hall–Kier alpha value is -1.90. The third-order valence-electron chi connectivity index (χ3n) is 2.65. The molecular weight excluding hydrogens is 270 g/mol. The van der Waals surface area contributed by atoms with Crippen molar-refractivity contribution in [1.29, 1.82) is 0 Å². The number of methoxy groups -OCH3 is 1. The van der Waals surface area contributed by atoms with E-state index in [4.69, 9.17) is 10.5 Å². The highest BCUT2D eigenvalue weighted by Crippen LogP contribution is 2.26. The average Bonchev–Trinajstić information content (AvgIpc) is 2.62. The Morgan fingerprint density at radius 1 is 1.47 bits per heavy atom. The maximum Gasteiger partial charge on any atom is 0.245 e. The third-order valence-corrected chi connectivity index (χ3v) is 3.74. The van der Waals surface area contributed by atoms with E-state index in [9.17, 15) is 8.42 Å². The van der Waals surface area contributed by atoms with Crippen LogP contribution in [-0.4, -0.2) is 47.1 Å². The molecule has 1 unspecified atom stereocenters. The van der Waals surface area contributed by atoms with Crippen LogP contribution in [0.15, 0.2) is 6.33 Å². The van der Waals surface area contributed by atoms with E-state index in [0.29, 0.717) is 17.0 Å². The monoisotopic (exact) mass is 285 g/mol. The van der Waals surface area contributed by atoms with Crippen LogP contribution >= 0.6 is 0 Å². The fourth-order valence-electron chi connectivity index (χ4n) is 2.00. The van der Waals surface area contributed by atoms with Gasteiger partial charge in [-0.25, -0.2) is 18.4 Å². The van der Waals surface area contributed by atoms with Crippen LogP contribution in [0.1, 0.15) is 13.0 Å². The second-order valence-corrected chi connectivity index (χ2v) is 6.52. The van der Waals surface area contributed by atoms with E-state index in [1.54, 1.807) is 11.5 Å². The molecule has 2 N–H and O–H groups in total. The van der Waals surface area contributed by atoms with Crippen molar-refractivity contribution < 1.29 is 13.2 Å². The molecular formula is C10H15N5O3S. The molecule has 0 saturated heterocycles. The van der Waals surface area contributed by atoms with Gasteiger partial charge in [0.2, 0.25) is 11.8 Å². The second kappa shape index (κ2) is 4.65. The molecule has 2 rings (SSSR count). The first-order valence-electron chi connectivity index (χ1n) is 5.53. The van der Waals surface area contributed by atoms with Crippen LogP contribution < -0.4 is 10.5 Å². The van der Waals surface area contributed by atoms with Crippen LogP contribution in [0.3, 0.4) is 0 Å². The highest BCUT2D eigenvalue weighted by molar-refractivity contribution is 7.90. The van der Waals surface area contributed by atoms with Gasteiger partial charge in [0.15, 0.2) is 11.2 Å². The number of nitrogen functional groups attached to an aromatic ring is 1. The Balaban J connectivity index is 2.58. The van der Waals surface area contributed by atoms with E-state index in [1.807, 2.05) is 0 Å². The molecule has 0 spiro atoms. The van der Waals surface area contributed by atoms with E-state index >= 15 is 0 Å². The van der Waals surface area contributed by atoms with Gasteiger partial charge in [0.05, 0.1) is 12.9 Å². The van der Waals surface area contributed by atoms with Crippen LogP contribution in [0.5, 0.6) is 5.88 Å². The van der Waals surface area contributed by atoms with Gasteiger partial charge in [-0.05, 0) is 6.92 Å². The Bertz CT molecular complexity index is 709. The number of sulfone groups is 1. The van der Waals surface area contributed by atoms with Crippen molar-refractivity contribution >= 4 is 26.9 Å². The summed E-state index contributed by atoms with van der Waals surface area (Å²) in [5.74, 6) is 0.446. The fraction of sp³-hybridized carbons (Fsp3) is 0.500. The molecule has 0 aliphatic carbocycles. The lowest BCUT2D eigenvalue weighted by atomic mass is 10.4. The third kappa shape index (κ3) is 2.60. The van der Waals surface area contributed by atoms with Gasteiger partial charge < -0.3 is 10.5 Å². The first-order chi connectivity index (χ1) is 8.83. The summed E-state index contributed by atoms with van der Waals surface area (Å²) in [4.78, 5) is 12.2. The second-order valence-electron chi connectivity index (χ2n) is 4.34. The molecule has 0 aromatic carbocycles. The quantitative estimate of drug-likeness (QED) is 0.842. The SMILES string of the molecule is COc1ncnc2c1nc(N)n2C(C)CS(C)(=O)=O. The summed E-state index contributed by atoms with van der Waals surface area (Å²) in [6, 6.07) is -0.375. The van der Waals surface area contributed by atoms with Crippen molar-refractivity contribution in [3.8, 4) is 5.88 Å². The summed E-state index contributed by atoms with van der Waals surface area (Å²) in [5, 5.41) is 0. The molecule has 8 nitrogen and oxygen atoms in total. The predicted octanol–water partition coefficient (Wildman–Crippen LogP) is 0.0227. The first kappa shape index (κ1) is 13.5. The van der Waals surface area contributed by atoms with Gasteiger partial charge in [0.1, 0.15) is 16.2 Å². The number of nitrogens with two attached hydrogens (primary N) is 1. The molecule has 19 heavy (non-hydrogen) atoms. The van der Waals surface area contributed by atoms with Gasteiger partial charge in [-0.15, -0.1) is 0 Å². The molecule has 0 radical (unpaired) electrons. The minimum atomic E-state index is -3.13. The van der Waals surface area contributed by atoms with Crippen LogP contribution in [0.2, 0.25) is 0 Å². The van der Waals surface area contributed by atoms with Gasteiger partial charge >= 0.3 is 0 Å². The summed E-state index contributed by atoms with van der Waals surface area (Å²) < 4.78 is 29.4. The number of hydrogen-bond donors (Lipinski definition) is 1. The topological polar surface area (TPSA) is 113 Å². The van der Waals surface area contributed by atoms with Crippen LogP contribution in [0.25, 0.3) is 11.2 Å². The molecule has 1 atom stereocenters. The smallest absolute Gasteiger partial charge is 0.245 e. The van der Waals surface area contributed by atoms with Crippen molar-refractivity contribution in [2.75, 3.05) is 24.9 Å². The van der Waals surface area contributed by atoms with Crippen molar-refractivity contribution in [2.24, 2.45) is 0 Å². The van der Waals surface area contributed by atoms with E-state index < -0.39 is 9.84 Å². The van der Waals surface area contributed by atoms with Crippen LogP contribution in [-0.2, 0) is 9.84 Å². The highest BCUT2D eigenvalue weighted by atomic mass is 32.2. The maximum atomic E-state index is 11.4. The number of imidazole rings is 1. The number of aromatic nitrogens is 4. The lowest BCUT2D eigenvalue weighted by molar-refractivity contribution is 0.401. The van der Waals surface area contributed by atoms with Crippen LogP contribution in [0.4, 0.5) is 5.95 Å². The molecule has 0 fully saturated rings. The predicted molar refractivity (Wildman–Crippen MR) is 70.7 cm³/mol. The maximum absolute atomic E-state index is 11.4. The fourth-order valence-corrected chi connectivity index (χ4v) is 3.03. The zero-order chi connectivity index (χ0) is 14.2. The molecule has 2 aromatic heterocycles. The van der Waals surface area contributed by atoms with E-state index in [2.05, 4.69) is 15.0 Å². The lowest BCUT2D eigenvalue weighted by Gasteiger charge is -2.14. The number of rotatable bonds is 4. The number of anilines is 1. The normalized spacial score (nSPS) is 13.6. The van der Waals surface area contributed by atoms with Gasteiger partial charge in [0.25, 0.3) is 0 Å². The summed E-state index contributed by atoms with van der Waals surface area (Å²) in [6.07, 6.45) is 2.50. The van der Waals surface area contributed by atoms with Crippen LogP contribution in [0, 0.1) is 0 Å². The Labute approximate surface area is 110 Å². The summed E-state index contributed by atoms with van der Waals surface area (Å²) >= 11 is 0. The van der Waals surface area contributed by atoms with Gasteiger partial charge in [-0.1, -0.05) is 0 Å². The number of ether oxygens (including phenoxy) is 1. The van der Waals surface area contributed by atoms with Crippen molar-refractivity contribution in [3.63, 3.8) is 0 Å². The summed E-state index contributed by atoms with van der Waals surface area (Å²) in [7, 11) is -1.66. The zero-order valence-electron chi connectivity index (χ0n) is 10.9. The average molecular weight is 285 g/mol. The lowest BCUT2D eigenvalue weighted by Crippen LogP contribution is -2.18. The minimum Gasteiger partial charge on any atom is -0.479 e. The Kier molecular flexibility index (Phi) is 3.31. The molecule has 104 valence electrons. The summed E-state index contributed by atoms with van der Waals surface area (Å²) in [5.41, 5.74) is 6.71. The summed E-state index contributed by atoms with van der Waals surface area (Å²) in [6.45, 7) is 1.74. The number of hydrogen-bond acceptors (Lipinski definition) is 7. The first-order valence-corrected chi connectivity index (χ1v) is 7.59. The zero-order valence-corrected chi connectivity index (χ0v) is 11.7. The largest absolute Gasteiger partial charge is 0.479 e. The molecule has 0 saturated carbocycles. The Morgan fingerprint density at radius 3 is 2.74 bits per heavy atom. The Morgan fingerprint density at radius 2 is 2.16 bits per heavy atom. The molecule has 0 amide bonds. The van der Waals surface area contributed by atoms with Crippen molar-refractivity contribution in [1.82, 2.24) is 19.5 Å². The van der Waals surface area contributed by atoms with E-state index in [-0.39, 0.29) is 17.7 Å². The molecule has 0 aliphatic heterocycles. The highest BCUT2D eigenvalue weighted by Gasteiger charge is 2.21. The molecule has 2 heterocycles. The minimum absolute atomic E-state index is 0.0466. The molecule has 0 aliphatic rings. The standard InChI is InChI=1S/C10H15N5O3S/c1-6(4-19(3,16)17)15-8-7(14-10(15)11)9(18-2)13-5-12-8/h5-6H,4H2,1-3H3,(H2,11,14). The van der Waals surface area contributed by atoms with E-state index in [1.165, 1.54) is 19.7 Å². The van der Waals surface area contributed by atoms with E-state index in [0.717, 1.165) is 0 Å². The molecule has 2 aromatic rings. The number of fused-ring (bicyclic) bond motifs is 1. The van der Waals surface area contributed by atoms with Gasteiger partial charge in [-0.2, -0.15) is 4.98 Å². The van der Waals surface area contributed by atoms with Gasteiger partial charge in [-0.3, -0.25) is 4.57 Å². The van der Waals surface area contributed by atoms with Crippen molar-refractivity contribution in [2.45, 2.75) is 13.0 Å².